The van der Waals surface area contributed by atoms with E-state index in [2.05, 4.69) is 6.92 Å². The van der Waals surface area contributed by atoms with Crippen LogP contribution in [0.4, 0.5) is 0 Å². The number of ketones is 1. The second-order valence-electron chi connectivity index (χ2n) is 12.1. The van der Waals surface area contributed by atoms with E-state index in [0.29, 0.717) is 18.6 Å². The SMILES string of the molecule is COC(=O)C1OCOC2(COCO2)[C@H]2CCC3C4C[C@@H]1C1=CC(=O)C5=C(OCO5)[C@]1(C)[C@H]4[C@@H](O)C[C@@]32C. The molecule has 5 bridgehead atoms. The van der Waals surface area contributed by atoms with Gasteiger partial charge in [0.15, 0.2) is 31.2 Å². The molecule has 3 saturated carbocycles. The number of aliphatic hydroxyl groups excluding tert-OH is 1. The molecule has 1 N–H and O–H groups in total. The van der Waals surface area contributed by atoms with E-state index in [-0.39, 0.29) is 67.6 Å². The lowest BCUT2D eigenvalue weighted by atomic mass is 9.44. The molecular formula is C27H34O10. The number of methoxy groups -OCH3 is 1. The van der Waals surface area contributed by atoms with Gasteiger partial charge in [-0.25, -0.2) is 4.79 Å². The normalized spacial score (nSPS) is 50.1. The quantitative estimate of drug-likeness (QED) is 0.517. The minimum Gasteiger partial charge on any atom is -0.467 e. The highest BCUT2D eigenvalue weighted by Gasteiger charge is 2.70. The van der Waals surface area contributed by atoms with E-state index in [1.807, 2.05) is 6.92 Å². The Bertz CT molecular complexity index is 1090. The zero-order valence-corrected chi connectivity index (χ0v) is 21.4. The lowest BCUT2D eigenvalue weighted by Gasteiger charge is -2.61. The fraction of sp³-hybridized carbons (Fsp3) is 0.778. The van der Waals surface area contributed by atoms with E-state index >= 15 is 0 Å². The second-order valence-corrected chi connectivity index (χ2v) is 12.1. The van der Waals surface area contributed by atoms with Crippen LogP contribution in [0.3, 0.4) is 0 Å². The summed E-state index contributed by atoms with van der Waals surface area (Å²) in [5.41, 5.74) is -0.387. The van der Waals surface area contributed by atoms with Gasteiger partial charge in [0.2, 0.25) is 18.3 Å². The molecule has 37 heavy (non-hydrogen) atoms. The number of allylic oxidation sites excluding steroid dienone is 2. The number of rotatable bonds is 1. The van der Waals surface area contributed by atoms with Gasteiger partial charge < -0.3 is 38.3 Å². The van der Waals surface area contributed by atoms with Gasteiger partial charge in [0.25, 0.3) is 0 Å². The van der Waals surface area contributed by atoms with E-state index in [0.717, 1.165) is 18.4 Å². The van der Waals surface area contributed by atoms with Gasteiger partial charge in [0.05, 0.1) is 18.6 Å². The number of hydrogen-bond donors (Lipinski definition) is 1. The van der Waals surface area contributed by atoms with Crippen molar-refractivity contribution in [3.63, 3.8) is 0 Å². The first kappa shape index (κ1) is 24.1. The van der Waals surface area contributed by atoms with Crippen molar-refractivity contribution in [3.8, 4) is 0 Å². The molecule has 4 aliphatic carbocycles. The van der Waals surface area contributed by atoms with Gasteiger partial charge in [0.1, 0.15) is 6.61 Å². The van der Waals surface area contributed by atoms with Crippen molar-refractivity contribution in [2.24, 2.45) is 40.4 Å². The van der Waals surface area contributed by atoms with Crippen LogP contribution in [0, 0.1) is 40.4 Å². The molecule has 10 atom stereocenters. The summed E-state index contributed by atoms with van der Waals surface area (Å²) in [6.07, 6.45) is 2.84. The van der Waals surface area contributed by atoms with Crippen molar-refractivity contribution in [3.05, 3.63) is 23.2 Å². The maximum Gasteiger partial charge on any atom is 0.335 e. The van der Waals surface area contributed by atoms with Gasteiger partial charge in [-0.2, -0.15) is 0 Å². The first-order valence-corrected chi connectivity index (χ1v) is 13.2. The van der Waals surface area contributed by atoms with Crippen LogP contribution in [0.25, 0.3) is 0 Å². The van der Waals surface area contributed by atoms with E-state index in [1.54, 1.807) is 6.08 Å². The molecule has 4 unspecified atom stereocenters. The highest BCUT2D eigenvalue weighted by molar-refractivity contribution is 6.05. The number of aliphatic hydroxyl groups is 1. The van der Waals surface area contributed by atoms with Gasteiger partial charge >= 0.3 is 5.97 Å². The van der Waals surface area contributed by atoms with Crippen LogP contribution in [0.1, 0.15) is 39.5 Å². The third-order valence-electron chi connectivity index (χ3n) is 10.8. The van der Waals surface area contributed by atoms with Crippen LogP contribution in [0.5, 0.6) is 0 Å². The third-order valence-corrected chi connectivity index (χ3v) is 10.8. The third kappa shape index (κ3) is 2.99. The Morgan fingerprint density at radius 1 is 1.14 bits per heavy atom. The summed E-state index contributed by atoms with van der Waals surface area (Å²) in [7, 11) is 1.33. The maximum atomic E-state index is 13.2. The minimum atomic E-state index is -1.01. The molecular weight excluding hydrogens is 484 g/mol. The van der Waals surface area contributed by atoms with Crippen LogP contribution in [-0.2, 0) is 42.7 Å². The monoisotopic (exact) mass is 518 g/mol. The van der Waals surface area contributed by atoms with Gasteiger partial charge in [-0.3, -0.25) is 4.79 Å². The van der Waals surface area contributed by atoms with Crippen molar-refractivity contribution in [1.29, 1.82) is 0 Å². The van der Waals surface area contributed by atoms with Crippen LogP contribution in [-0.4, -0.2) is 68.9 Å². The zero-order valence-electron chi connectivity index (χ0n) is 21.4. The van der Waals surface area contributed by atoms with Gasteiger partial charge in [-0.15, -0.1) is 0 Å². The van der Waals surface area contributed by atoms with Gasteiger partial charge in [-0.05, 0) is 61.5 Å². The number of hydrogen-bond acceptors (Lipinski definition) is 10. The first-order chi connectivity index (χ1) is 17.7. The van der Waals surface area contributed by atoms with E-state index in [4.69, 9.17) is 33.2 Å². The largest absolute Gasteiger partial charge is 0.467 e. The summed E-state index contributed by atoms with van der Waals surface area (Å²) in [6, 6.07) is 0. The highest BCUT2D eigenvalue weighted by Crippen LogP contribution is 2.70. The fourth-order valence-electron chi connectivity index (χ4n) is 9.52. The number of carbonyl (C=O) groups excluding carboxylic acids is 2. The molecule has 1 spiro atoms. The molecule has 10 nitrogen and oxygen atoms in total. The van der Waals surface area contributed by atoms with Crippen LogP contribution < -0.4 is 0 Å². The molecule has 0 aromatic heterocycles. The molecule has 0 radical (unpaired) electrons. The van der Waals surface area contributed by atoms with Crippen molar-refractivity contribution in [2.45, 2.75) is 57.5 Å². The number of ether oxygens (including phenoxy) is 7. The molecule has 10 heteroatoms. The zero-order chi connectivity index (χ0) is 25.7. The molecule has 0 aromatic carbocycles. The summed E-state index contributed by atoms with van der Waals surface area (Å²) in [4.78, 5) is 26.3. The Kier molecular flexibility index (Phi) is 5.22. The molecule has 3 heterocycles. The van der Waals surface area contributed by atoms with Crippen molar-refractivity contribution < 1.29 is 47.9 Å². The van der Waals surface area contributed by atoms with Crippen molar-refractivity contribution >= 4 is 11.8 Å². The number of esters is 1. The lowest BCUT2D eigenvalue weighted by molar-refractivity contribution is -0.293. The Morgan fingerprint density at radius 3 is 2.70 bits per heavy atom. The van der Waals surface area contributed by atoms with Crippen LogP contribution >= 0.6 is 0 Å². The van der Waals surface area contributed by atoms with E-state index in [9.17, 15) is 14.7 Å². The van der Waals surface area contributed by atoms with Crippen molar-refractivity contribution in [2.75, 3.05) is 34.1 Å². The Hall–Kier alpha value is -1.98. The Labute approximate surface area is 215 Å². The summed E-state index contributed by atoms with van der Waals surface area (Å²) in [5.74, 6) is -1.61. The highest BCUT2D eigenvalue weighted by atomic mass is 16.8. The number of fused-ring (bicyclic) bond motifs is 6. The minimum absolute atomic E-state index is 0.0154. The molecule has 2 saturated heterocycles. The summed E-state index contributed by atoms with van der Waals surface area (Å²) in [6.45, 7) is 4.41. The summed E-state index contributed by atoms with van der Waals surface area (Å²) in [5, 5.41) is 12.0. The predicted octanol–water partition coefficient (Wildman–Crippen LogP) is 2.01. The molecule has 3 aliphatic heterocycles. The summed E-state index contributed by atoms with van der Waals surface area (Å²) >= 11 is 0. The lowest BCUT2D eigenvalue weighted by Crippen LogP contribution is -2.61. The molecule has 7 aliphatic rings. The average Bonchev–Trinajstić information content (AvgIpc) is 3.60. The molecule has 7 rings (SSSR count). The van der Waals surface area contributed by atoms with Crippen molar-refractivity contribution in [1.82, 2.24) is 0 Å². The first-order valence-electron chi connectivity index (χ1n) is 13.2. The smallest absolute Gasteiger partial charge is 0.335 e. The fourth-order valence-corrected chi connectivity index (χ4v) is 9.52. The Morgan fingerprint density at radius 2 is 1.95 bits per heavy atom. The number of carbonyl (C=O) groups is 2. The molecule has 5 fully saturated rings. The maximum absolute atomic E-state index is 13.2. The summed E-state index contributed by atoms with van der Waals surface area (Å²) < 4.78 is 41.1. The van der Waals surface area contributed by atoms with Gasteiger partial charge in [-0.1, -0.05) is 6.92 Å². The van der Waals surface area contributed by atoms with Crippen LogP contribution in [0.2, 0.25) is 0 Å². The molecule has 0 amide bonds. The van der Waals surface area contributed by atoms with Crippen LogP contribution in [0.15, 0.2) is 23.2 Å². The molecule has 202 valence electrons. The average molecular weight is 519 g/mol. The van der Waals surface area contributed by atoms with Gasteiger partial charge in [0, 0.05) is 17.8 Å². The topological polar surface area (TPSA) is 119 Å². The predicted molar refractivity (Wildman–Crippen MR) is 123 cm³/mol. The Balaban J connectivity index is 1.43. The standard InChI is InChI=1S/C27H34O10/c1-25-8-18(29)20-13-6-14(16-7-17(28)22-23(26(16,20)2)35-11-33-22)21(24(30)31-3)34-12-37-27(9-32-10-36-27)19(25)5-4-15(13)25/h7,13-15,18-21,29H,4-6,8-12H2,1-3H3/t13?,14-,15?,18+,19+,20-,21?,25+,26+,27?/m1/s1. The molecule has 0 aromatic rings. The second kappa shape index (κ2) is 8.02. The van der Waals surface area contributed by atoms with E-state index < -0.39 is 35.3 Å². The van der Waals surface area contributed by atoms with E-state index in [1.165, 1.54) is 7.11 Å².